The topological polar surface area (TPSA) is 29.5 Å². The molecular weight excluding hydrogens is 236 g/mol. The van der Waals surface area contributed by atoms with Crippen molar-refractivity contribution in [3.05, 3.63) is 42.0 Å². The van der Waals surface area contributed by atoms with Crippen molar-refractivity contribution >= 4 is 0 Å². The molecule has 0 spiro atoms. The number of para-hydroxylation sites is 1. The van der Waals surface area contributed by atoms with Gasteiger partial charge in [-0.25, -0.2) is 0 Å². The van der Waals surface area contributed by atoms with Gasteiger partial charge >= 0.3 is 0 Å². The third kappa shape index (κ3) is 4.71. The fourth-order valence-electron chi connectivity index (χ4n) is 2.82. The number of ether oxygens (including phenoxy) is 1. The van der Waals surface area contributed by atoms with Crippen LogP contribution < -0.4 is 4.74 Å². The molecule has 1 atom stereocenters. The normalized spacial score (nSPS) is 21.8. The Morgan fingerprint density at radius 3 is 2.68 bits per heavy atom. The predicted octanol–water partition coefficient (Wildman–Crippen LogP) is 3.95. The molecule has 1 aliphatic carbocycles. The van der Waals surface area contributed by atoms with Crippen LogP contribution in [0.2, 0.25) is 0 Å². The van der Waals surface area contributed by atoms with Crippen LogP contribution in [-0.2, 0) is 0 Å². The first-order valence-electron chi connectivity index (χ1n) is 7.11. The van der Waals surface area contributed by atoms with Crippen molar-refractivity contribution in [2.24, 2.45) is 5.41 Å². The molecule has 0 radical (unpaired) electrons. The van der Waals surface area contributed by atoms with Crippen molar-refractivity contribution in [2.45, 2.75) is 45.6 Å². The lowest BCUT2D eigenvalue weighted by Gasteiger charge is -2.32. The highest BCUT2D eigenvalue weighted by atomic mass is 16.5. The highest BCUT2D eigenvalue weighted by molar-refractivity contribution is 5.20. The molecule has 0 aliphatic heterocycles. The average Bonchev–Trinajstić information content (AvgIpc) is 2.33. The summed E-state index contributed by atoms with van der Waals surface area (Å²) in [5, 5.41) is 9.84. The SMILES string of the molecule is CC1(C)CC(CCCOc2ccccc2)=CC(O)C1. The number of benzene rings is 1. The minimum atomic E-state index is -0.270. The van der Waals surface area contributed by atoms with Gasteiger partial charge in [-0.1, -0.05) is 43.7 Å². The van der Waals surface area contributed by atoms with E-state index < -0.39 is 0 Å². The molecule has 0 bridgehead atoms. The largest absolute Gasteiger partial charge is 0.494 e. The van der Waals surface area contributed by atoms with Crippen molar-refractivity contribution in [1.29, 1.82) is 0 Å². The molecule has 1 aromatic rings. The zero-order valence-corrected chi connectivity index (χ0v) is 11.9. The Bertz CT molecular complexity index is 420. The van der Waals surface area contributed by atoms with Gasteiger partial charge in [0, 0.05) is 0 Å². The van der Waals surface area contributed by atoms with Crippen molar-refractivity contribution in [3.63, 3.8) is 0 Å². The summed E-state index contributed by atoms with van der Waals surface area (Å²) in [6, 6.07) is 9.92. The van der Waals surface area contributed by atoms with Gasteiger partial charge in [-0.3, -0.25) is 0 Å². The van der Waals surface area contributed by atoms with Crippen LogP contribution in [0.1, 0.15) is 39.5 Å². The minimum absolute atomic E-state index is 0.226. The van der Waals surface area contributed by atoms with Crippen molar-refractivity contribution in [1.82, 2.24) is 0 Å². The zero-order chi connectivity index (χ0) is 13.7. The highest BCUT2D eigenvalue weighted by Crippen LogP contribution is 2.36. The van der Waals surface area contributed by atoms with E-state index in [0.717, 1.165) is 38.0 Å². The number of aliphatic hydroxyl groups excluding tert-OH is 1. The molecule has 2 heteroatoms. The van der Waals surface area contributed by atoms with E-state index in [1.807, 2.05) is 36.4 Å². The number of hydrogen-bond donors (Lipinski definition) is 1. The van der Waals surface area contributed by atoms with E-state index in [9.17, 15) is 5.11 Å². The van der Waals surface area contributed by atoms with E-state index >= 15 is 0 Å². The van der Waals surface area contributed by atoms with Gasteiger partial charge in [0.1, 0.15) is 5.75 Å². The van der Waals surface area contributed by atoms with Crippen LogP contribution in [0.3, 0.4) is 0 Å². The van der Waals surface area contributed by atoms with Crippen LogP contribution in [-0.4, -0.2) is 17.8 Å². The van der Waals surface area contributed by atoms with Crippen LogP contribution in [0.4, 0.5) is 0 Å². The van der Waals surface area contributed by atoms with Gasteiger partial charge in [-0.05, 0) is 43.2 Å². The molecule has 0 heterocycles. The van der Waals surface area contributed by atoms with E-state index in [0.29, 0.717) is 0 Å². The number of allylic oxidation sites excluding steroid dienone is 1. The summed E-state index contributed by atoms with van der Waals surface area (Å²) >= 11 is 0. The Balaban J connectivity index is 1.74. The van der Waals surface area contributed by atoms with Gasteiger partial charge < -0.3 is 9.84 Å². The van der Waals surface area contributed by atoms with E-state index in [2.05, 4.69) is 13.8 Å². The summed E-state index contributed by atoms with van der Waals surface area (Å²) in [6.07, 6.45) is 5.76. The van der Waals surface area contributed by atoms with Gasteiger partial charge in [-0.2, -0.15) is 0 Å². The lowest BCUT2D eigenvalue weighted by molar-refractivity contribution is 0.137. The quantitative estimate of drug-likeness (QED) is 0.641. The highest BCUT2D eigenvalue weighted by Gasteiger charge is 2.27. The lowest BCUT2D eigenvalue weighted by atomic mass is 9.75. The van der Waals surface area contributed by atoms with E-state index in [1.54, 1.807) is 0 Å². The monoisotopic (exact) mass is 260 g/mol. The van der Waals surface area contributed by atoms with Gasteiger partial charge in [0.2, 0.25) is 0 Å². The Morgan fingerprint density at radius 1 is 1.26 bits per heavy atom. The lowest BCUT2D eigenvalue weighted by Crippen LogP contribution is -2.25. The number of aliphatic hydroxyl groups is 1. The fraction of sp³-hybridized carbons (Fsp3) is 0.529. The van der Waals surface area contributed by atoms with Gasteiger partial charge in [0.05, 0.1) is 12.7 Å². The predicted molar refractivity (Wildman–Crippen MR) is 78.3 cm³/mol. The van der Waals surface area contributed by atoms with E-state index in [4.69, 9.17) is 4.74 Å². The van der Waals surface area contributed by atoms with Crippen molar-refractivity contribution in [2.75, 3.05) is 6.61 Å². The smallest absolute Gasteiger partial charge is 0.119 e. The van der Waals surface area contributed by atoms with Crippen LogP contribution in [0.25, 0.3) is 0 Å². The molecule has 0 amide bonds. The molecule has 2 rings (SSSR count). The Hall–Kier alpha value is -1.28. The molecule has 104 valence electrons. The van der Waals surface area contributed by atoms with Crippen LogP contribution in [0.15, 0.2) is 42.0 Å². The van der Waals surface area contributed by atoms with Crippen LogP contribution in [0.5, 0.6) is 5.75 Å². The van der Waals surface area contributed by atoms with E-state index in [-0.39, 0.29) is 11.5 Å². The van der Waals surface area contributed by atoms with E-state index in [1.165, 1.54) is 5.57 Å². The maximum absolute atomic E-state index is 9.84. The first-order chi connectivity index (χ1) is 9.05. The molecule has 0 fully saturated rings. The molecule has 1 unspecified atom stereocenters. The molecule has 0 aromatic heterocycles. The van der Waals surface area contributed by atoms with Gasteiger partial charge in [0.25, 0.3) is 0 Å². The second-order valence-corrected chi connectivity index (χ2v) is 6.20. The van der Waals surface area contributed by atoms with Crippen molar-refractivity contribution < 1.29 is 9.84 Å². The zero-order valence-electron chi connectivity index (χ0n) is 11.9. The molecule has 1 N–H and O–H groups in total. The summed E-state index contributed by atoms with van der Waals surface area (Å²) in [5.74, 6) is 0.931. The average molecular weight is 260 g/mol. The first kappa shape index (κ1) is 14.1. The Morgan fingerprint density at radius 2 is 2.00 bits per heavy atom. The second-order valence-electron chi connectivity index (χ2n) is 6.20. The maximum Gasteiger partial charge on any atom is 0.119 e. The molecule has 1 aromatic carbocycles. The Labute approximate surface area is 116 Å². The molecular formula is C17H24O2. The second kappa shape index (κ2) is 6.25. The summed E-state index contributed by atoms with van der Waals surface area (Å²) in [7, 11) is 0. The van der Waals surface area contributed by atoms with Crippen LogP contribution >= 0.6 is 0 Å². The Kier molecular flexibility index (Phi) is 4.65. The summed E-state index contributed by atoms with van der Waals surface area (Å²) < 4.78 is 5.69. The first-order valence-corrected chi connectivity index (χ1v) is 7.11. The summed E-state index contributed by atoms with van der Waals surface area (Å²) in [4.78, 5) is 0. The standard InChI is InChI=1S/C17H24O2/c1-17(2)12-14(11-15(18)13-17)7-6-10-19-16-8-4-3-5-9-16/h3-5,8-9,11,15,18H,6-7,10,12-13H2,1-2H3. The molecule has 0 saturated heterocycles. The fourth-order valence-corrected chi connectivity index (χ4v) is 2.82. The maximum atomic E-state index is 9.84. The third-order valence-electron chi connectivity index (χ3n) is 3.55. The number of hydrogen-bond acceptors (Lipinski definition) is 2. The molecule has 0 saturated carbocycles. The van der Waals surface area contributed by atoms with Crippen molar-refractivity contribution in [3.8, 4) is 5.75 Å². The number of rotatable bonds is 5. The summed E-state index contributed by atoms with van der Waals surface area (Å²) in [6.45, 7) is 5.19. The van der Waals surface area contributed by atoms with Gasteiger partial charge in [-0.15, -0.1) is 0 Å². The van der Waals surface area contributed by atoms with Gasteiger partial charge in [0.15, 0.2) is 0 Å². The minimum Gasteiger partial charge on any atom is -0.494 e. The molecule has 19 heavy (non-hydrogen) atoms. The third-order valence-corrected chi connectivity index (χ3v) is 3.55. The summed E-state index contributed by atoms with van der Waals surface area (Å²) in [5.41, 5.74) is 1.60. The molecule has 1 aliphatic rings. The van der Waals surface area contributed by atoms with Crippen LogP contribution in [0, 0.1) is 5.41 Å². The molecule has 2 nitrogen and oxygen atoms in total.